The first-order valence-electron chi connectivity index (χ1n) is 6.54. The Labute approximate surface area is 126 Å². The molecule has 0 amide bonds. The molecule has 2 heterocycles. The second kappa shape index (κ2) is 6.13. The number of nitrogens with zero attached hydrogens (tertiary/aromatic N) is 3. The van der Waals surface area contributed by atoms with Crippen molar-refractivity contribution in [2.75, 3.05) is 0 Å². The summed E-state index contributed by atoms with van der Waals surface area (Å²) in [5.41, 5.74) is 1.05. The van der Waals surface area contributed by atoms with Crippen LogP contribution in [0.5, 0.6) is 0 Å². The quantitative estimate of drug-likeness (QED) is 0.670. The maximum Gasteiger partial charge on any atom is 0.192 e. The molecule has 1 atom stereocenters. The fraction of sp³-hybridized carbons (Fsp3) is 0.200. The summed E-state index contributed by atoms with van der Waals surface area (Å²) in [6.07, 6.45) is 3.33. The molecule has 2 aromatic heterocycles. The van der Waals surface area contributed by atoms with Gasteiger partial charge in [-0.15, -0.1) is 10.2 Å². The molecule has 0 fully saturated rings. The number of hydrogen-bond acceptors (Lipinski definition) is 4. The SMILES string of the molecule is CC(Sc1nncn1Cc1ccco1)c1ccc(F)cc1. The maximum absolute atomic E-state index is 13.0. The fourth-order valence-corrected chi connectivity index (χ4v) is 2.93. The van der Waals surface area contributed by atoms with Gasteiger partial charge in [-0.2, -0.15) is 0 Å². The van der Waals surface area contributed by atoms with E-state index in [-0.39, 0.29) is 11.1 Å². The molecule has 0 aliphatic carbocycles. The monoisotopic (exact) mass is 303 g/mol. The van der Waals surface area contributed by atoms with Crippen LogP contribution < -0.4 is 0 Å². The molecule has 0 saturated carbocycles. The molecule has 0 radical (unpaired) electrons. The van der Waals surface area contributed by atoms with Crippen LogP contribution in [-0.4, -0.2) is 14.8 Å². The van der Waals surface area contributed by atoms with Crippen LogP contribution in [-0.2, 0) is 6.54 Å². The predicted octanol–water partition coefficient (Wildman–Crippen LogP) is 3.91. The molecule has 3 aromatic rings. The lowest BCUT2D eigenvalue weighted by atomic mass is 10.2. The van der Waals surface area contributed by atoms with E-state index in [1.165, 1.54) is 12.1 Å². The van der Waals surface area contributed by atoms with Gasteiger partial charge < -0.3 is 8.98 Å². The molecule has 1 unspecified atom stereocenters. The highest BCUT2D eigenvalue weighted by molar-refractivity contribution is 7.99. The van der Waals surface area contributed by atoms with Gasteiger partial charge in [0, 0.05) is 5.25 Å². The molecule has 0 saturated heterocycles. The molecule has 0 aliphatic rings. The molecule has 21 heavy (non-hydrogen) atoms. The van der Waals surface area contributed by atoms with Gasteiger partial charge >= 0.3 is 0 Å². The van der Waals surface area contributed by atoms with Crippen LogP contribution in [0, 0.1) is 5.82 Å². The van der Waals surface area contributed by atoms with E-state index in [1.807, 2.05) is 16.7 Å². The van der Waals surface area contributed by atoms with Gasteiger partial charge in [0.2, 0.25) is 0 Å². The summed E-state index contributed by atoms with van der Waals surface area (Å²) in [5, 5.41) is 9.06. The molecule has 1 aromatic carbocycles. The summed E-state index contributed by atoms with van der Waals surface area (Å²) in [6.45, 7) is 2.66. The summed E-state index contributed by atoms with van der Waals surface area (Å²) in [7, 11) is 0. The van der Waals surface area contributed by atoms with Gasteiger partial charge in [-0.05, 0) is 36.8 Å². The van der Waals surface area contributed by atoms with E-state index in [1.54, 1.807) is 36.5 Å². The Kier molecular flexibility index (Phi) is 4.06. The Balaban J connectivity index is 1.73. The van der Waals surface area contributed by atoms with Crippen LogP contribution in [0.15, 0.2) is 58.6 Å². The van der Waals surface area contributed by atoms with Crippen molar-refractivity contribution in [1.82, 2.24) is 14.8 Å². The topological polar surface area (TPSA) is 43.9 Å². The zero-order chi connectivity index (χ0) is 14.7. The molecular weight excluding hydrogens is 289 g/mol. The smallest absolute Gasteiger partial charge is 0.192 e. The summed E-state index contributed by atoms with van der Waals surface area (Å²) >= 11 is 1.58. The van der Waals surface area contributed by atoms with Gasteiger partial charge in [0.1, 0.15) is 17.9 Å². The van der Waals surface area contributed by atoms with Crippen molar-refractivity contribution < 1.29 is 8.81 Å². The van der Waals surface area contributed by atoms with Gasteiger partial charge in [-0.3, -0.25) is 0 Å². The highest BCUT2D eigenvalue weighted by atomic mass is 32.2. The third-order valence-electron chi connectivity index (χ3n) is 3.11. The van der Waals surface area contributed by atoms with Crippen LogP contribution in [0.4, 0.5) is 4.39 Å². The van der Waals surface area contributed by atoms with Crippen molar-refractivity contribution in [3.8, 4) is 0 Å². The Morgan fingerprint density at radius 2 is 2.10 bits per heavy atom. The Morgan fingerprint density at radius 3 is 2.81 bits per heavy atom. The van der Waals surface area contributed by atoms with E-state index in [9.17, 15) is 4.39 Å². The van der Waals surface area contributed by atoms with Gasteiger partial charge in [-0.1, -0.05) is 23.9 Å². The fourth-order valence-electron chi connectivity index (χ4n) is 1.97. The molecule has 0 aliphatic heterocycles. The molecule has 6 heteroatoms. The first kappa shape index (κ1) is 13.9. The van der Waals surface area contributed by atoms with Crippen molar-refractivity contribution in [1.29, 1.82) is 0 Å². The van der Waals surface area contributed by atoms with Gasteiger partial charge in [-0.25, -0.2) is 4.39 Å². The molecular formula is C15H14FN3OS. The second-order valence-electron chi connectivity index (χ2n) is 4.63. The van der Waals surface area contributed by atoms with Gasteiger partial charge in [0.15, 0.2) is 5.16 Å². The molecule has 0 N–H and O–H groups in total. The van der Waals surface area contributed by atoms with Crippen LogP contribution in [0.25, 0.3) is 0 Å². The lowest BCUT2D eigenvalue weighted by Gasteiger charge is -2.11. The number of furan rings is 1. The van der Waals surface area contributed by atoms with Crippen LogP contribution in [0.1, 0.15) is 23.5 Å². The van der Waals surface area contributed by atoms with E-state index in [0.29, 0.717) is 6.54 Å². The van der Waals surface area contributed by atoms with Crippen molar-refractivity contribution in [2.45, 2.75) is 23.9 Å². The van der Waals surface area contributed by atoms with Crippen LogP contribution >= 0.6 is 11.8 Å². The molecule has 4 nitrogen and oxygen atoms in total. The highest BCUT2D eigenvalue weighted by Crippen LogP contribution is 2.33. The van der Waals surface area contributed by atoms with E-state index in [4.69, 9.17) is 4.42 Å². The molecule has 0 spiro atoms. The van der Waals surface area contributed by atoms with Crippen LogP contribution in [0.2, 0.25) is 0 Å². The number of benzene rings is 1. The maximum atomic E-state index is 13.0. The largest absolute Gasteiger partial charge is 0.467 e. The Morgan fingerprint density at radius 1 is 1.29 bits per heavy atom. The second-order valence-corrected chi connectivity index (χ2v) is 5.94. The minimum absolute atomic E-state index is 0.158. The lowest BCUT2D eigenvalue weighted by Crippen LogP contribution is -2.00. The summed E-state index contributed by atoms with van der Waals surface area (Å²) in [5.74, 6) is 0.628. The zero-order valence-electron chi connectivity index (χ0n) is 11.4. The number of thioether (sulfide) groups is 1. The standard InChI is InChI=1S/C15H14FN3OS/c1-11(12-4-6-13(16)7-5-12)21-15-18-17-10-19(15)9-14-3-2-8-20-14/h2-8,10-11H,9H2,1H3. The van der Waals surface area contributed by atoms with E-state index < -0.39 is 0 Å². The third-order valence-corrected chi connectivity index (χ3v) is 4.26. The average Bonchev–Trinajstić information content (AvgIpc) is 3.13. The summed E-state index contributed by atoms with van der Waals surface area (Å²) in [6, 6.07) is 10.3. The minimum atomic E-state index is -0.225. The number of hydrogen-bond donors (Lipinski definition) is 0. The number of halogens is 1. The highest BCUT2D eigenvalue weighted by Gasteiger charge is 2.13. The van der Waals surface area contributed by atoms with Gasteiger partial charge in [0.05, 0.1) is 12.8 Å². The zero-order valence-corrected chi connectivity index (χ0v) is 12.3. The van der Waals surface area contributed by atoms with Crippen molar-refractivity contribution >= 4 is 11.8 Å². The lowest BCUT2D eigenvalue weighted by molar-refractivity contribution is 0.484. The molecule has 3 rings (SSSR count). The normalized spacial score (nSPS) is 12.5. The average molecular weight is 303 g/mol. The van der Waals surface area contributed by atoms with Gasteiger partial charge in [0.25, 0.3) is 0 Å². The van der Waals surface area contributed by atoms with E-state index in [2.05, 4.69) is 17.1 Å². The molecule has 0 bridgehead atoms. The van der Waals surface area contributed by atoms with Crippen LogP contribution in [0.3, 0.4) is 0 Å². The predicted molar refractivity (Wildman–Crippen MR) is 78.5 cm³/mol. The van der Waals surface area contributed by atoms with E-state index in [0.717, 1.165) is 16.5 Å². The third kappa shape index (κ3) is 3.33. The van der Waals surface area contributed by atoms with E-state index >= 15 is 0 Å². The Hall–Kier alpha value is -2.08. The number of rotatable bonds is 5. The minimum Gasteiger partial charge on any atom is -0.467 e. The van der Waals surface area contributed by atoms with Crippen molar-refractivity contribution in [3.05, 3.63) is 66.1 Å². The first-order chi connectivity index (χ1) is 10.2. The first-order valence-corrected chi connectivity index (χ1v) is 7.42. The Bertz CT molecular complexity index is 694. The molecule has 108 valence electrons. The summed E-state index contributed by atoms with van der Waals surface area (Å²) < 4.78 is 20.2. The summed E-state index contributed by atoms with van der Waals surface area (Å²) in [4.78, 5) is 0. The van der Waals surface area contributed by atoms with Crippen molar-refractivity contribution in [3.63, 3.8) is 0 Å². The number of aromatic nitrogens is 3. The van der Waals surface area contributed by atoms with Crippen molar-refractivity contribution in [2.24, 2.45) is 0 Å².